The predicted molar refractivity (Wildman–Crippen MR) is 78.3 cm³/mol. The minimum absolute atomic E-state index is 0.130. The summed E-state index contributed by atoms with van der Waals surface area (Å²) in [5, 5.41) is 8.52. The van der Waals surface area contributed by atoms with Gasteiger partial charge in [-0.25, -0.2) is 0 Å². The molecule has 0 fully saturated rings. The summed E-state index contributed by atoms with van der Waals surface area (Å²) < 4.78 is -0.130. The van der Waals surface area contributed by atoms with Crippen molar-refractivity contribution in [2.75, 3.05) is 5.75 Å². The Kier molecular flexibility index (Phi) is 9.55. The fourth-order valence-electron chi connectivity index (χ4n) is 1.03. The van der Waals surface area contributed by atoms with Crippen molar-refractivity contribution in [2.45, 2.75) is 18.5 Å². The molecule has 0 aliphatic heterocycles. The second kappa shape index (κ2) is 10.00. The molecule has 2 atom stereocenters. The Hall–Kier alpha value is -0.851. The van der Waals surface area contributed by atoms with Gasteiger partial charge in [0.25, 0.3) is 0 Å². The number of carbonyl (C=O) groups is 2. The maximum atomic E-state index is 10.4. The van der Waals surface area contributed by atoms with E-state index < -0.39 is 18.1 Å². The van der Waals surface area contributed by atoms with Gasteiger partial charge in [0.15, 0.2) is 0 Å². The van der Waals surface area contributed by atoms with Crippen molar-refractivity contribution < 1.29 is 14.7 Å². The SMILES string of the molecule is NC(CS)C(=O)[Se].NC(Cc1ccccc1)C(=O)O. The van der Waals surface area contributed by atoms with Gasteiger partial charge in [0.1, 0.15) is 6.04 Å². The second-order valence-corrected chi connectivity index (χ2v) is 4.95. The van der Waals surface area contributed by atoms with Crippen LogP contribution in [0.2, 0.25) is 0 Å². The Morgan fingerprint density at radius 2 is 1.74 bits per heavy atom. The van der Waals surface area contributed by atoms with Crippen LogP contribution < -0.4 is 11.5 Å². The van der Waals surface area contributed by atoms with Crippen LogP contribution in [-0.2, 0) is 16.0 Å². The molecule has 0 saturated carbocycles. The molecule has 0 aliphatic rings. The van der Waals surface area contributed by atoms with Crippen LogP contribution in [0.25, 0.3) is 0 Å². The van der Waals surface area contributed by atoms with E-state index in [1.54, 1.807) is 0 Å². The van der Waals surface area contributed by atoms with Crippen LogP contribution in [0.5, 0.6) is 0 Å². The molecule has 2 unspecified atom stereocenters. The monoisotopic (exact) mass is 349 g/mol. The Morgan fingerprint density at radius 3 is 2.05 bits per heavy atom. The number of carboxylic acid groups (broad SMARTS) is 1. The summed E-state index contributed by atoms with van der Waals surface area (Å²) in [4.78, 5) is 20.5. The maximum Gasteiger partial charge on any atom is 0.320 e. The number of hydrogen-bond acceptors (Lipinski definition) is 5. The first kappa shape index (κ1) is 18.1. The molecule has 5 N–H and O–H groups in total. The van der Waals surface area contributed by atoms with Crippen molar-refractivity contribution in [3.8, 4) is 0 Å². The Bertz CT molecular complexity index is 403. The zero-order valence-corrected chi connectivity index (χ0v) is 12.8. The molecule has 5 nitrogen and oxygen atoms in total. The average molecular weight is 348 g/mol. The van der Waals surface area contributed by atoms with Crippen molar-refractivity contribution in [1.82, 2.24) is 0 Å². The third-order valence-electron chi connectivity index (χ3n) is 2.12. The number of aliphatic carboxylic acids is 1. The molecule has 1 rings (SSSR count). The van der Waals surface area contributed by atoms with Crippen LogP contribution >= 0.6 is 12.6 Å². The first-order valence-corrected chi connectivity index (χ1v) is 6.97. The van der Waals surface area contributed by atoms with Crippen LogP contribution in [0.4, 0.5) is 0 Å². The van der Waals surface area contributed by atoms with Crippen LogP contribution in [0, 0.1) is 0 Å². The molecule has 0 saturated heterocycles. The number of rotatable bonds is 5. The molecule has 0 amide bonds. The van der Waals surface area contributed by atoms with Gasteiger partial charge >= 0.3 is 61.6 Å². The number of nitrogens with two attached hydrogens (primary N) is 2. The fourth-order valence-corrected chi connectivity index (χ4v) is 1.65. The zero-order valence-electron chi connectivity index (χ0n) is 10.2. The van der Waals surface area contributed by atoms with E-state index in [1.165, 1.54) is 0 Å². The van der Waals surface area contributed by atoms with Crippen molar-refractivity contribution in [1.29, 1.82) is 0 Å². The van der Waals surface area contributed by atoms with Gasteiger partial charge in [-0.05, 0) is 12.0 Å². The zero-order chi connectivity index (χ0) is 14.8. The molecule has 0 bridgehead atoms. The van der Waals surface area contributed by atoms with E-state index in [0.29, 0.717) is 12.2 Å². The molecule has 19 heavy (non-hydrogen) atoms. The number of thiol groups is 1. The topological polar surface area (TPSA) is 106 Å². The molecular weight excluding hydrogens is 331 g/mol. The van der Waals surface area contributed by atoms with E-state index in [1.807, 2.05) is 30.3 Å². The summed E-state index contributed by atoms with van der Waals surface area (Å²) in [7, 11) is 0. The molecule has 7 heteroatoms. The molecule has 1 aromatic rings. The van der Waals surface area contributed by atoms with Gasteiger partial charge in [0, 0.05) is 0 Å². The van der Waals surface area contributed by atoms with Gasteiger partial charge in [0.2, 0.25) is 0 Å². The fraction of sp³-hybridized carbons (Fsp3) is 0.333. The number of carboxylic acids is 1. The smallest absolute Gasteiger partial charge is 0.320 e. The number of benzene rings is 1. The minimum atomic E-state index is -0.959. The maximum absolute atomic E-state index is 10.4. The van der Waals surface area contributed by atoms with Gasteiger partial charge in [-0.15, -0.1) is 0 Å². The summed E-state index contributed by atoms with van der Waals surface area (Å²) in [6, 6.07) is 8.12. The van der Waals surface area contributed by atoms with Gasteiger partial charge < -0.3 is 10.8 Å². The van der Waals surface area contributed by atoms with E-state index in [0.717, 1.165) is 5.56 Å². The third-order valence-corrected chi connectivity index (χ3v) is 3.14. The molecule has 1 aromatic carbocycles. The first-order chi connectivity index (χ1) is 8.88. The second-order valence-electron chi connectivity index (χ2n) is 3.74. The molecule has 0 heterocycles. The van der Waals surface area contributed by atoms with E-state index in [9.17, 15) is 9.59 Å². The van der Waals surface area contributed by atoms with Gasteiger partial charge in [-0.1, -0.05) is 30.3 Å². The van der Waals surface area contributed by atoms with E-state index in [4.69, 9.17) is 16.6 Å². The molecule has 0 aliphatic carbocycles. The Morgan fingerprint density at radius 1 is 1.21 bits per heavy atom. The first-order valence-electron chi connectivity index (χ1n) is 5.48. The predicted octanol–water partition coefficient (Wildman–Crippen LogP) is -0.420. The van der Waals surface area contributed by atoms with Crippen molar-refractivity contribution in [3.63, 3.8) is 0 Å². The van der Waals surface area contributed by atoms with Crippen LogP contribution in [-0.4, -0.2) is 49.6 Å². The standard InChI is InChI=1S/C9H11NO2.C3H6NOSSe/c10-8(9(11)12)6-7-4-2-1-3-5-7;4-2(1-6)3(5)7/h1-5,8H,6,10H2,(H,11,12);2,6H,1,4H2. The van der Waals surface area contributed by atoms with Gasteiger partial charge in [-0.3, -0.25) is 4.79 Å². The summed E-state index contributed by atoms with van der Waals surface area (Å²) >= 11 is 6.07. The minimum Gasteiger partial charge on any atom is -0.480 e. The number of carbonyl (C=O) groups excluding carboxylic acids is 1. The summed E-state index contributed by atoms with van der Waals surface area (Å²) in [6.07, 6.45) is 0.385. The van der Waals surface area contributed by atoms with Crippen LogP contribution in [0.15, 0.2) is 30.3 Å². The molecule has 105 valence electrons. The molecular formula is C12H17N2O3SSe. The summed E-state index contributed by atoms with van der Waals surface area (Å²) in [5.41, 5.74) is 11.5. The molecule has 0 aromatic heterocycles. The van der Waals surface area contributed by atoms with Crippen molar-refractivity contribution >= 4 is 39.3 Å². The normalized spacial score (nSPS) is 12.8. The van der Waals surface area contributed by atoms with E-state index >= 15 is 0 Å². The Labute approximate surface area is 126 Å². The van der Waals surface area contributed by atoms with E-state index in [2.05, 4.69) is 28.6 Å². The summed E-state index contributed by atoms with van der Waals surface area (Å²) in [5.74, 6) is -0.551. The van der Waals surface area contributed by atoms with Crippen molar-refractivity contribution in [3.05, 3.63) is 35.9 Å². The van der Waals surface area contributed by atoms with E-state index in [-0.39, 0.29) is 4.68 Å². The van der Waals surface area contributed by atoms with Gasteiger partial charge in [0.05, 0.1) is 0 Å². The third kappa shape index (κ3) is 8.80. The van der Waals surface area contributed by atoms with Crippen LogP contribution in [0.1, 0.15) is 5.56 Å². The average Bonchev–Trinajstić information content (AvgIpc) is 2.39. The van der Waals surface area contributed by atoms with Gasteiger partial charge in [-0.2, -0.15) is 0 Å². The molecule has 1 radical (unpaired) electrons. The Balaban J connectivity index is 0.000000399. The van der Waals surface area contributed by atoms with Crippen molar-refractivity contribution in [2.24, 2.45) is 11.5 Å². The largest absolute Gasteiger partial charge is 0.480 e. The number of hydrogen-bond donors (Lipinski definition) is 4. The van der Waals surface area contributed by atoms with Crippen LogP contribution in [0.3, 0.4) is 0 Å². The quantitative estimate of drug-likeness (QED) is 0.427. The summed E-state index contributed by atoms with van der Waals surface area (Å²) in [6.45, 7) is 0. The molecule has 0 spiro atoms.